The molecule has 0 spiro atoms. The minimum absolute atomic E-state index is 0.268. The van der Waals surface area contributed by atoms with Crippen LogP contribution in [0.3, 0.4) is 0 Å². The molecule has 0 unspecified atom stereocenters. The number of halogens is 2. The molecule has 0 atom stereocenters. The molecule has 0 bridgehead atoms. The molecule has 102 valence electrons. The average molecular weight is 335 g/mol. The van der Waals surface area contributed by atoms with Crippen molar-refractivity contribution >= 4 is 26.8 Å². The van der Waals surface area contributed by atoms with Gasteiger partial charge >= 0.3 is 0 Å². The topological polar surface area (TPSA) is 27.1 Å². The maximum absolute atomic E-state index is 13.8. The van der Waals surface area contributed by atoms with Crippen molar-refractivity contribution in [2.45, 2.75) is 6.54 Å². The first-order chi connectivity index (χ1) is 9.67. The summed E-state index contributed by atoms with van der Waals surface area (Å²) in [4.78, 5) is 0. The van der Waals surface area contributed by atoms with Crippen molar-refractivity contribution in [2.75, 3.05) is 7.11 Å². The predicted molar refractivity (Wildman–Crippen MR) is 79.5 cm³/mol. The molecule has 20 heavy (non-hydrogen) atoms. The summed E-state index contributed by atoms with van der Waals surface area (Å²) >= 11 is 3.31. The highest BCUT2D eigenvalue weighted by molar-refractivity contribution is 9.10. The zero-order valence-corrected chi connectivity index (χ0v) is 12.4. The molecule has 2 aromatic carbocycles. The lowest BCUT2D eigenvalue weighted by Crippen LogP contribution is -2.01. The molecule has 0 fully saturated rings. The minimum atomic E-state index is -0.268. The Balaban J connectivity index is 1.97. The molecule has 0 radical (unpaired) electrons. The second kappa shape index (κ2) is 5.25. The molecule has 3 rings (SSSR count). The molecule has 0 aliphatic carbocycles. The molecule has 0 N–H and O–H groups in total. The van der Waals surface area contributed by atoms with E-state index < -0.39 is 0 Å². The van der Waals surface area contributed by atoms with Crippen LogP contribution in [0.4, 0.5) is 4.39 Å². The average Bonchev–Trinajstić information content (AvgIpc) is 2.83. The lowest BCUT2D eigenvalue weighted by atomic mass is 10.2. The van der Waals surface area contributed by atoms with E-state index in [2.05, 4.69) is 21.0 Å². The fourth-order valence-electron chi connectivity index (χ4n) is 2.13. The van der Waals surface area contributed by atoms with Gasteiger partial charge in [0, 0.05) is 4.47 Å². The van der Waals surface area contributed by atoms with Crippen molar-refractivity contribution in [1.82, 2.24) is 9.78 Å². The molecular formula is C15H12BrFN2O. The third kappa shape index (κ3) is 2.41. The lowest BCUT2D eigenvalue weighted by Gasteiger charge is -2.06. The Hall–Kier alpha value is -1.88. The molecular weight excluding hydrogens is 323 g/mol. The second-order valence-corrected chi connectivity index (χ2v) is 5.39. The molecule has 0 aliphatic rings. The number of hydrogen-bond acceptors (Lipinski definition) is 2. The van der Waals surface area contributed by atoms with Gasteiger partial charge in [-0.15, -0.1) is 0 Å². The smallest absolute Gasteiger partial charge is 0.135 e. The number of aromatic nitrogens is 2. The van der Waals surface area contributed by atoms with E-state index in [1.807, 2.05) is 30.3 Å². The largest absolute Gasteiger partial charge is 0.497 e. The van der Waals surface area contributed by atoms with Crippen molar-refractivity contribution in [3.8, 4) is 5.75 Å². The summed E-state index contributed by atoms with van der Waals surface area (Å²) in [5.41, 5.74) is 1.85. The van der Waals surface area contributed by atoms with Crippen molar-refractivity contribution < 1.29 is 9.13 Å². The molecule has 1 heterocycles. The zero-order chi connectivity index (χ0) is 14.1. The molecule has 3 aromatic rings. The standard InChI is InChI=1S/C15H12BrFN2O/c1-20-12-4-2-10(3-5-12)9-19-15-7-11(16)6-14(17)13(15)8-18-19/h2-8H,9H2,1H3. The number of nitrogens with zero attached hydrogens (tertiary/aromatic N) is 2. The fraction of sp³-hybridized carbons (Fsp3) is 0.133. The third-order valence-corrected chi connectivity index (χ3v) is 3.63. The highest BCUT2D eigenvalue weighted by atomic mass is 79.9. The van der Waals surface area contributed by atoms with Crippen LogP contribution in [-0.2, 0) is 6.54 Å². The highest BCUT2D eigenvalue weighted by Gasteiger charge is 2.09. The van der Waals surface area contributed by atoms with E-state index >= 15 is 0 Å². The Morgan fingerprint density at radius 3 is 2.70 bits per heavy atom. The normalized spacial score (nSPS) is 10.9. The van der Waals surface area contributed by atoms with E-state index in [9.17, 15) is 4.39 Å². The van der Waals surface area contributed by atoms with Gasteiger partial charge in [-0.3, -0.25) is 4.68 Å². The quantitative estimate of drug-likeness (QED) is 0.724. The summed E-state index contributed by atoms with van der Waals surface area (Å²) in [6, 6.07) is 11.1. The first kappa shape index (κ1) is 13.1. The van der Waals surface area contributed by atoms with Crippen LogP contribution in [0.2, 0.25) is 0 Å². The van der Waals surface area contributed by atoms with Gasteiger partial charge in [0.15, 0.2) is 0 Å². The monoisotopic (exact) mass is 334 g/mol. The summed E-state index contributed by atoms with van der Waals surface area (Å²) < 4.78 is 21.4. The first-order valence-corrected chi connectivity index (χ1v) is 6.90. The molecule has 1 aromatic heterocycles. The minimum Gasteiger partial charge on any atom is -0.497 e. The maximum atomic E-state index is 13.8. The van der Waals surface area contributed by atoms with Gasteiger partial charge in [0.05, 0.1) is 30.8 Å². The number of fused-ring (bicyclic) bond motifs is 1. The van der Waals surface area contributed by atoms with E-state index in [1.165, 1.54) is 6.07 Å². The van der Waals surface area contributed by atoms with Crippen LogP contribution in [0, 0.1) is 5.82 Å². The van der Waals surface area contributed by atoms with Gasteiger partial charge in [-0.05, 0) is 29.8 Å². The lowest BCUT2D eigenvalue weighted by molar-refractivity contribution is 0.414. The van der Waals surface area contributed by atoms with Crippen LogP contribution in [0.15, 0.2) is 47.1 Å². The zero-order valence-electron chi connectivity index (χ0n) is 10.8. The summed E-state index contributed by atoms with van der Waals surface area (Å²) in [6.07, 6.45) is 1.56. The predicted octanol–water partition coefficient (Wildman–Crippen LogP) is 3.99. The Kier molecular flexibility index (Phi) is 3.44. The number of hydrogen-bond donors (Lipinski definition) is 0. The molecule has 3 nitrogen and oxygen atoms in total. The molecule has 5 heteroatoms. The summed E-state index contributed by atoms with van der Waals surface area (Å²) in [7, 11) is 1.64. The van der Waals surface area contributed by atoms with Gasteiger partial charge in [0.1, 0.15) is 11.6 Å². The van der Waals surface area contributed by atoms with Gasteiger partial charge in [-0.1, -0.05) is 28.1 Å². The van der Waals surface area contributed by atoms with E-state index in [0.717, 1.165) is 16.8 Å². The van der Waals surface area contributed by atoms with Crippen LogP contribution in [0.1, 0.15) is 5.56 Å². The maximum Gasteiger partial charge on any atom is 0.135 e. The van der Waals surface area contributed by atoms with Crippen molar-refractivity contribution in [1.29, 1.82) is 0 Å². The van der Waals surface area contributed by atoms with E-state index in [1.54, 1.807) is 18.0 Å². The molecule has 0 saturated heterocycles. The Morgan fingerprint density at radius 2 is 2.00 bits per heavy atom. The molecule has 0 saturated carbocycles. The van der Waals surface area contributed by atoms with E-state index in [-0.39, 0.29) is 5.82 Å². The van der Waals surface area contributed by atoms with Crippen molar-refractivity contribution in [3.63, 3.8) is 0 Å². The van der Waals surface area contributed by atoms with Crippen molar-refractivity contribution in [3.05, 3.63) is 58.4 Å². The molecule has 0 aliphatic heterocycles. The SMILES string of the molecule is COc1ccc(Cn2ncc3c(F)cc(Br)cc32)cc1. The Morgan fingerprint density at radius 1 is 1.25 bits per heavy atom. The third-order valence-electron chi connectivity index (χ3n) is 3.17. The second-order valence-electron chi connectivity index (χ2n) is 4.47. The van der Waals surface area contributed by atoms with Crippen LogP contribution < -0.4 is 4.74 Å². The van der Waals surface area contributed by atoms with Crippen LogP contribution in [0.5, 0.6) is 5.75 Å². The van der Waals surface area contributed by atoms with Gasteiger partial charge in [-0.2, -0.15) is 5.10 Å². The first-order valence-electron chi connectivity index (χ1n) is 6.11. The Bertz CT molecular complexity index is 752. The van der Waals surface area contributed by atoms with Gasteiger partial charge < -0.3 is 4.74 Å². The number of ether oxygens (including phenoxy) is 1. The highest BCUT2D eigenvalue weighted by Crippen LogP contribution is 2.24. The summed E-state index contributed by atoms with van der Waals surface area (Å²) in [5.74, 6) is 0.545. The number of rotatable bonds is 3. The van der Waals surface area contributed by atoms with Gasteiger partial charge in [0.2, 0.25) is 0 Å². The van der Waals surface area contributed by atoms with Gasteiger partial charge in [0.25, 0.3) is 0 Å². The van der Waals surface area contributed by atoms with E-state index in [4.69, 9.17) is 4.74 Å². The van der Waals surface area contributed by atoms with E-state index in [0.29, 0.717) is 16.4 Å². The van der Waals surface area contributed by atoms with Crippen molar-refractivity contribution in [2.24, 2.45) is 0 Å². The van der Waals surface area contributed by atoms with Crippen LogP contribution in [-0.4, -0.2) is 16.9 Å². The van der Waals surface area contributed by atoms with Gasteiger partial charge in [-0.25, -0.2) is 4.39 Å². The number of methoxy groups -OCH3 is 1. The summed E-state index contributed by atoms with van der Waals surface area (Å²) in [5, 5.41) is 4.79. The Labute approximate surface area is 124 Å². The molecule has 0 amide bonds. The fourth-order valence-corrected chi connectivity index (χ4v) is 2.55. The van der Waals surface area contributed by atoms with Crippen LogP contribution >= 0.6 is 15.9 Å². The van der Waals surface area contributed by atoms with Crippen LogP contribution in [0.25, 0.3) is 10.9 Å². The summed E-state index contributed by atoms with van der Waals surface area (Å²) in [6.45, 7) is 0.587. The number of benzene rings is 2.